The molecular weight excluding hydrogens is 301 g/mol. The minimum atomic E-state index is -5.07. The molecule has 8 heteroatoms. The van der Waals surface area contributed by atoms with Crippen LogP contribution in [0.25, 0.3) is 0 Å². The van der Waals surface area contributed by atoms with Gasteiger partial charge in [-0.1, -0.05) is 18.2 Å². The molecule has 0 spiro atoms. The lowest BCUT2D eigenvalue weighted by molar-refractivity contribution is -0.384. The SMILES string of the molecule is O=C(N(c1ccccc1)c1ccc([N+](=O)[O-])cc1)C(F)(F)F. The van der Waals surface area contributed by atoms with E-state index in [9.17, 15) is 28.1 Å². The molecule has 2 aromatic carbocycles. The Hall–Kier alpha value is -2.90. The van der Waals surface area contributed by atoms with E-state index in [1.807, 2.05) is 0 Å². The van der Waals surface area contributed by atoms with Crippen LogP contribution in [-0.4, -0.2) is 17.0 Å². The second-order valence-corrected chi connectivity index (χ2v) is 4.25. The van der Waals surface area contributed by atoms with Gasteiger partial charge in [-0.15, -0.1) is 0 Å². The Balaban J connectivity index is 2.49. The molecule has 0 bridgehead atoms. The van der Waals surface area contributed by atoms with E-state index in [1.165, 1.54) is 24.3 Å². The molecule has 0 heterocycles. The van der Waals surface area contributed by atoms with E-state index in [0.717, 1.165) is 24.3 Å². The van der Waals surface area contributed by atoms with Crippen molar-refractivity contribution in [3.8, 4) is 0 Å². The summed E-state index contributed by atoms with van der Waals surface area (Å²) in [4.78, 5) is 22.0. The van der Waals surface area contributed by atoms with Gasteiger partial charge in [-0.05, 0) is 24.3 Å². The Bertz CT molecular complexity index is 685. The first-order valence-electron chi connectivity index (χ1n) is 6.01. The van der Waals surface area contributed by atoms with Gasteiger partial charge in [0.15, 0.2) is 0 Å². The normalized spacial score (nSPS) is 11.0. The first-order valence-corrected chi connectivity index (χ1v) is 6.01. The standard InChI is InChI=1S/C14H9F3N2O3/c15-14(16,17)13(20)18(10-4-2-1-3-5-10)11-6-8-12(9-7-11)19(21)22/h1-9H. The molecule has 0 saturated carbocycles. The third kappa shape index (κ3) is 3.22. The lowest BCUT2D eigenvalue weighted by atomic mass is 10.2. The predicted octanol–water partition coefficient (Wildman–Crippen LogP) is 3.82. The minimum Gasteiger partial charge on any atom is -0.273 e. The Morgan fingerprint density at radius 1 is 0.955 bits per heavy atom. The number of hydrogen-bond donors (Lipinski definition) is 0. The number of carbonyl (C=O) groups is 1. The molecule has 0 atom stereocenters. The maximum atomic E-state index is 12.8. The van der Waals surface area contributed by atoms with E-state index in [-0.39, 0.29) is 17.1 Å². The van der Waals surface area contributed by atoms with Crippen molar-refractivity contribution in [1.29, 1.82) is 0 Å². The van der Waals surface area contributed by atoms with Gasteiger partial charge in [0.1, 0.15) is 0 Å². The fourth-order valence-corrected chi connectivity index (χ4v) is 1.81. The van der Waals surface area contributed by atoms with Crippen molar-refractivity contribution in [2.75, 3.05) is 4.90 Å². The van der Waals surface area contributed by atoms with Crippen LogP contribution in [0.4, 0.5) is 30.2 Å². The average molecular weight is 310 g/mol. The fraction of sp³-hybridized carbons (Fsp3) is 0.0714. The molecule has 0 saturated heterocycles. The molecule has 5 nitrogen and oxygen atoms in total. The van der Waals surface area contributed by atoms with Gasteiger partial charge in [0.25, 0.3) is 5.69 Å². The lowest BCUT2D eigenvalue weighted by Gasteiger charge is -2.23. The number of benzene rings is 2. The van der Waals surface area contributed by atoms with Crippen LogP contribution >= 0.6 is 0 Å². The zero-order valence-electron chi connectivity index (χ0n) is 10.9. The van der Waals surface area contributed by atoms with Crippen LogP contribution in [0.2, 0.25) is 0 Å². The molecular formula is C14H9F3N2O3. The highest BCUT2D eigenvalue weighted by molar-refractivity contribution is 6.03. The van der Waals surface area contributed by atoms with Gasteiger partial charge in [-0.3, -0.25) is 19.8 Å². The summed E-state index contributed by atoms with van der Waals surface area (Å²) in [6.07, 6.45) is -5.07. The molecule has 0 N–H and O–H groups in total. The maximum Gasteiger partial charge on any atom is 0.472 e. The Morgan fingerprint density at radius 2 is 1.45 bits per heavy atom. The summed E-state index contributed by atoms with van der Waals surface area (Å²) >= 11 is 0. The van der Waals surface area contributed by atoms with E-state index in [4.69, 9.17) is 0 Å². The molecule has 0 aliphatic carbocycles. The van der Waals surface area contributed by atoms with Gasteiger partial charge in [0.05, 0.1) is 4.92 Å². The van der Waals surface area contributed by atoms with E-state index in [1.54, 1.807) is 6.07 Å². The van der Waals surface area contributed by atoms with Crippen molar-refractivity contribution in [3.63, 3.8) is 0 Å². The van der Waals surface area contributed by atoms with Crippen molar-refractivity contribution in [3.05, 3.63) is 64.7 Å². The second kappa shape index (κ2) is 5.84. The first-order chi connectivity index (χ1) is 10.3. The van der Waals surface area contributed by atoms with E-state index in [0.29, 0.717) is 4.90 Å². The van der Waals surface area contributed by atoms with Crippen LogP contribution in [-0.2, 0) is 4.79 Å². The monoisotopic (exact) mass is 310 g/mol. The van der Waals surface area contributed by atoms with Crippen molar-refractivity contribution < 1.29 is 22.9 Å². The molecule has 0 aromatic heterocycles. The fourth-order valence-electron chi connectivity index (χ4n) is 1.81. The molecule has 0 aliphatic heterocycles. The lowest BCUT2D eigenvalue weighted by Crippen LogP contribution is -2.38. The third-order valence-corrected chi connectivity index (χ3v) is 2.78. The number of carbonyl (C=O) groups excluding carboxylic acids is 1. The van der Waals surface area contributed by atoms with Crippen LogP contribution in [0, 0.1) is 10.1 Å². The number of anilines is 2. The maximum absolute atomic E-state index is 12.8. The molecule has 1 amide bonds. The first kappa shape index (κ1) is 15.5. The van der Waals surface area contributed by atoms with Crippen molar-refractivity contribution in [2.45, 2.75) is 6.18 Å². The minimum absolute atomic E-state index is 0.0127. The average Bonchev–Trinajstić information content (AvgIpc) is 2.48. The van der Waals surface area contributed by atoms with E-state index < -0.39 is 17.0 Å². The molecule has 2 rings (SSSR count). The largest absolute Gasteiger partial charge is 0.472 e. The quantitative estimate of drug-likeness (QED) is 0.639. The third-order valence-electron chi connectivity index (χ3n) is 2.78. The number of alkyl halides is 3. The number of para-hydroxylation sites is 1. The molecule has 2 aromatic rings. The van der Waals surface area contributed by atoms with Gasteiger partial charge < -0.3 is 0 Å². The zero-order valence-corrected chi connectivity index (χ0v) is 10.9. The van der Waals surface area contributed by atoms with Crippen LogP contribution in [0.5, 0.6) is 0 Å². The molecule has 0 unspecified atom stereocenters. The summed E-state index contributed by atoms with van der Waals surface area (Å²) in [7, 11) is 0. The Labute approximate surface area is 122 Å². The van der Waals surface area contributed by atoms with Crippen molar-refractivity contribution in [2.24, 2.45) is 0 Å². The van der Waals surface area contributed by atoms with Crippen LogP contribution < -0.4 is 4.90 Å². The summed E-state index contributed by atoms with van der Waals surface area (Å²) in [6.45, 7) is 0. The number of rotatable bonds is 3. The number of non-ortho nitro benzene ring substituents is 1. The smallest absolute Gasteiger partial charge is 0.273 e. The summed E-state index contributed by atoms with van der Waals surface area (Å²) in [5.41, 5.74) is -0.381. The summed E-state index contributed by atoms with van der Waals surface area (Å²) in [6, 6.07) is 11.5. The van der Waals surface area contributed by atoms with E-state index in [2.05, 4.69) is 0 Å². The highest BCUT2D eigenvalue weighted by atomic mass is 19.4. The van der Waals surface area contributed by atoms with Crippen LogP contribution in [0.15, 0.2) is 54.6 Å². The highest BCUT2D eigenvalue weighted by Gasteiger charge is 2.43. The molecule has 0 aliphatic rings. The number of nitro groups is 1. The molecule has 0 radical (unpaired) electrons. The predicted molar refractivity (Wildman–Crippen MR) is 72.7 cm³/mol. The zero-order chi connectivity index (χ0) is 16.3. The van der Waals surface area contributed by atoms with Crippen molar-refractivity contribution >= 4 is 23.0 Å². The topological polar surface area (TPSA) is 63.5 Å². The van der Waals surface area contributed by atoms with E-state index >= 15 is 0 Å². The van der Waals surface area contributed by atoms with Gasteiger partial charge in [0, 0.05) is 23.5 Å². The Morgan fingerprint density at radius 3 is 1.91 bits per heavy atom. The van der Waals surface area contributed by atoms with Crippen molar-refractivity contribution in [1.82, 2.24) is 0 Å². The number of hydrogen-bond acceptors (Lipinski definition) is 3. The van der Waals surface area contributed by atoms with Crippen LogP contribution in [0.3, 0.4) is 0 Å². The summed E-state index contributed by atoms with van der Waals surface area (Å²) in [5.74, 6) is -2.08. The molecule has 114 valence electrons. The van der Waals surface area contributed by atoms with Gasteiger partial charge in [-0.2, -0.15) is 13.2 Å². The van der Waals surface area contributed by atoms with Gasteiger partial charge in [0.2, 0.25) is 0 Å². The Kier molecular flexibility index (Phi) is 4.11. The van der Waals surface area contributed by atoms with Crippen LogP contribution in [0.1, 0.15) is 0 Å². The number of halogens is 3. The highest BCUT2D eigenvalue weighted by Crippen LogP contribution is 2.31. The molecule has 0 fully saturated rings. The number of nitrogens with zero attached hydrogens (tertiary/aromatic N) is 2. The summed E-state index contributed by atoms with van der Waals surface area (Å²) < 4.78 is 38.3. The van der Waals surface area contributed by atoms with Gasteiger partial charge >= 0.3 is 12.1 Å². The molecule has 22 heavy (non-hydrogen) atoms. The van der Waals surface area contributed by atoms with Gasteiger partial charge in [-0.25, -0.2) is 0 Å². The number of amides is 1. The second-order valence-electron chi connectivity index (χ2n) is 4.25. The summed E-state index contributed by atoms with van der Waals surface area (Å²) in [5, 5.41) is 10.6. The number of nitro benzene ring substituents is 1.